The summed E-state index contributed by atoms with van der Waals surface area (Å²) in [6.07, 6.45) is 0. The van der Waals surface area contributed by atoms with Crippen molar-refractivity contribution in [2.24, 2.45) is 0 Å². The lowest BCUT2D eigenvalue weighted by Gasteiger charge is -2.10. The molecule has 6 aromatic carbocycles. The van der Waals surface area contributed by atoms with E-state index < -0.39 is 0 Å². The molecule has 9 aromatic rings. The molecule has 0 fully saturated rings. The minimum absolute atomic E-state index is 0.495. The highest BCUT2D eigenvalue weighted by molar-refractivity contribution is 7.21. The second-order valence-electron chi connectivity index (χ2n) is 12.1. The molecular weight excluding hydrogens is 633 g/mol. The molecule has 0 aliphatic rings. The smallest absolute Gasteiger partial charge is 0.161 e. The van der Waals surface area contributed by atoms with Gasteiger partial charge in [-0.15, -0.1) is 11.3 Å². The topological polar surface area (TPSA) is 88.8 Å². The predicted molar refractivity (Wildman–Crippen MR) is 209 cm³/mol. The number of fused-ring (bicyclic) bond motifs is 4. The molecule has 3 N–H and O–H groups in total. The van der Waals surface area contributed by atoms with E-state index in [-0.39, 0.29) is 0 Å². The van der Waals surface area contributed by atoms with Gasteiger partial charge in [-0.25, -0.2) is 9.97 Å². The molecule has 0 radical (unpaired) electrons. The van der Waals surface area contributed by atoms with E-state index in [1.165, 1.54) is 5.56 Å². The molecule has 0 amide bonds. The first-order valence-corrected chi connectivity index (χ1v) is 17.2. The first kappa shape index (κ1) is 30.9. The third kappa shape index (κ3) is 5.93. The van der Waals surface area contributed by atoms with Crippen LogP contribution in [0, 0.1) is 12.3 Å². The second-order valence-corrected chi connectivity index (χ2v) is 13.1. The SMILES string of the molecule is Cc1ccc2oc3cccc(-c4nc(-c5ccccc5)cc(-c5ccccc5)n4)c3c2c1.N=C(c1ccccc1)c1sc2ccccc2c1N. The van der Waals surface area contributed by atoms with Crippen molar-refractivity contribution in [3.8, 4) is 33.9 Å². The lowest BCUT2D eigenvalue weighted by atomic mass is 10.0. The number of aryl methyl sites for hydroxylation is 1. The van der Waals surface area contributed by atoms with Gasteiger partial charge in [0.25, 0.3) is 0 Å². The quantitative estimate of drug-likeness (QED) is 0.179. The summed E-state index contributed by atoms with van der Waals surface area (Å²) in [6, 6.07) is 52.6. The van der Waals surface area contributed by atoms with E-state index in [0.29, 0.717) is 17.2 Å². The standard InChI is InChI=1S/C29H20N2O.C15H12N2S/c1-19-15-16-26-23(17-19)28-22(13-8-14-27(28)32-26)29-30-24(20-9-4-2-5-10-20)18-25(31-29)21-11-6-3-7-12-21;16-13(10-6-2-1-3-7-10)15-14(17)11-8-4-5-9-12(11)18-15/h2-18H,1H3;1-9,16H,17H2. The monoisotopic (exact) mass is 664 g/mol. The summed E-state index contributed by atoms with van der Waals surface area (Å²) in [6.45, 7) is 2.10. The predicted octanol–water partition coefficient (Wildman–Crippen LogP) is 11.6. The van der Waals surface area contributed by atoms with Crippen LogP contribution in [0.4, 0.5) is 5.69 Å². The van der Waals surface area contributed by atoms with Crippen molar-refractivity contribution in [3.63, 3.8) is 0 Å². The van der Waals surface area contributed by atoms with E-state index in [9.17, 15) is 0 Å². The number of rotatable bonds is 5. The van der Waals surface area contributed by atoms with Crippen LogP contribution in [0.3, 0.4) is 0 Å². The molecule has 0 spiro atoms. The van der Waals surface area contributed by atoms with Crippen LogP contribution in [-0.2, 0) is 0 Å². The average Bonchev–Trinajstić information content (AvgIpc) is 3.72. The molecule has 0 atom stereocenters. The number of thiophene rings is 1. The summed E-state index contributed by atoms with van der Waals surface area (Å²) >= 11 is 1.58. The molecular formula is C44H32N4OS. The van der Waals surface area contributed by atoms with Gasteiger partial charge in [-0.05, 0) is 37.3 Å². The van der Waals surface area contributed by atoms with Crippen LogP contribution in [-0.4, -0.2) is 15.7 Å². The Morgan fingerprint density at radius 2 is 1.24 bits per heavy atom. The van der Waals surface area contributed by atoms with Crippen molar-refractivity contribution in [1.82, 2.24) is 9.97 Å². The maximum atomic E-state index is 8.27. The first-order chi connectivity index (χ1) is 24.5. The highest BCUT2D eigenvalue weighted by Gasteiger charge is 2.17. The Bertz CT molecular complexity index is 2570. The highest BCUT2D eigenvalue weighted by atomic mass is 32.1. The molecule has 6 heteroatoms. The summed E-state index contributed by atoms with van der Waals surface area (Å²) in [5, 5.41) is 11.5. The Balaban J connectivity index is 0.000000170. The summed E-state index contributed by atoms with van der Waals surface area (Å²) in [5.74, 6) is 0.694. The van der Waals surface area contributed by atoms with E-state index in [1.54, 1.807) is 11.3 Å². The number of anilines is 1. The summed E-state index contributed by atoms with van der Waals surface area (Å²) in [4.78, 5) is 10.9. The van der Waals surface area contributed by atoms with Crippen molar-refractivity contribution in [2.75, 3.05) is 5.73 Å². The largest absolute Gasteiger partial charge is 0.456 e. The molecule has 3 heterocycles. The van der Waals surface area contributed by atoms with Gasteiger partial charge in [0, 0.05) is 43.1 Å². The number of hydrogen-bond acceptors (Lipinski definition) is 6. The molecule has 0 unspecified atom stereocenters. The normalized spacial score (nSPS) is 11.1. The number of nitrogen functional groups attached to an aromatic ring is 1. The fraction of sp³-hybridized carbons (Fsp3) is 0.0227. The Labute approximate surface area is 293 Å². The van der Waals surface area contributed by atoms with Crippen molar-refractivity contribution in [3.05, 3.63) is 174 Å². The van der Waals surface area contributed by atoms with Crippen LogP contribution >= 0.6 is 11.3 Å². The number of hydrogen-bond donors (Lipinski definition) is 2. The van der Waals surface area contributed by atoms with Gasteiger partial charge >= 0.3 is 0 Å². The molecule has 0 bridgehead atoms. The lowest BCUT2D eigenvalue weighted by Crippen LogP contribution is -2.01. The van der Waals surface area contributed by atoms with Gasteiger partial charge in [0.15, 0.2) is 5.82 Å². The van der Waals surface area contributed by atoms with Crippen LogP contribution in [0.2, 0.25) is 0 Å². The van der Waals surface area contributed by atoms with E-state index in [1.807, 2.05) is 109 Å². The molecule has 50 heavy (non-hydrogen) atoms. The van der Waals surface area contributed by atoms with E-state index >= 15 is 0 Å². The maximum Gasteiger partial charge on any atom is 0.161 e. The molecule has 0 aliphatic carbocycles. The Morgan fingerprint density at radius 1 is 0.620 bits per heavy atom. The van der Waals surface area contributed by atoms with Gasteiger partial charge in [0.05, 0.1) is 27.7 Å². The molecule has 0 aliphatic heterocycles. The third-order valence-corrected chi connectivity index (χ3v) is 9.88. The van der Waals surface area contributed by atoms with Crippen LogP contribution in [0.25, 0.3) is 65.9 Å². The summed E-state index contributed by atoms with van der Waals surface area (Å²) in [7, 11) is 0. The zero-order valence-electron chi connectivity index (χ0n) is 27.3. The zero-order valence-corrected chi connectivity index (χ0v) is 28.1. The second kappa shape index (κ2) is 13.3. The van der Waals surface area contributed by atoms with Crippen molar-refractivity contribution in [2.45, 2.75) is 6.92 Å². The van der Waals surface area contributed by atoms with Gasteiger partial charge in [0.1, 0.15) is 11.2 Å². The summed E-state index contributed by atoms with van der Waals surface area (Å²) in [5.41, 5.74) is 16.1. The molecule has 0 saturated heterocycles. The van der Waals surface area contributed by atoms with Gasteiger partial charge < -0.3 is 10.2 Å². The summed E-state index contributed by atoms with van der Waals surface area (Å²) < 4.78 is 7.27. The van der Waals surface area contributed by atoms with E-state index in [4.69, 9.17) is 25.5 Å². The molecule has 0 saturated carbocycles. The fourth-order valence-corrected chi connectivity index (χ4v) is 7.29. The number of nitrogens with one attached hydrogen (secondary N) is 1. The minimum atomic E-state index is 0.495. The van der Waals surface area contributed by atoms with Crippen molar-refractivity contribution < 1.29 is 4.42 Å². The average molecular weight is 665 g/mol. The lowest BCUT2D eigenvalue weighted by molar-refractivity contribution is 0.669. The fourth-order valence-electron chi connectivity index (χ4n) is 6.20. The molecule has 9 rings (SSSR count). The Morgan fingerprint density at radius 3 is 1.90 bits per heavy atom. The Kier molecular flexibility index (Phi) is 8.21. The number of aromatic nitrogens is 2. The third-order valence-electron chi connectivity index (χ3n) is 8.68. The van der Waals surface area contributed by atoms with Crippen molar-refractivity contribution in [1.29, 1.82) is 5.41 Å². The van der Waals surface area contributed by atoms with E-state index in [2.05, 4.69) is 55.5 Å². The van der Waals surface area contributed by atoms with Crippen LogP contribution in [0.15, 0.2) is 162 Å². The first-order valence-electron chi connectivity index (χ1n) is 16.4. The maximum absolute atomic E-state index is 8.27. The van der Waals surface area contributed by atoms with Crippen molar-refractivity contribution >= 4 is 54.8 Å². The number of benzene rings is 6. The van der Waals surface area contributed by atoms with Crippen LogP contribution < -0.4 is 5.73 Å². The molecule has 5 nitrogen and oxygen atoms in total. The van der Waals surface area contributed by atoms with Gasteiger partial charge in [0.2, 0.25) is 0 Å². The van der Waals surface area contributed by atoms with E-state index in [0.717, 1.165) is 70.5 Å². The number of nitrogens with zero attached hydrogens (tertiary/aromatic N) is 2. The van der Waals surface area contributed by atoms with Crippen LogP contribution in [0.1, 0.15) is 16.0 Å². The molecule has 240 valence electrons. The zero-order chi connectivity index (χ0) is 34.0. The van der Waals surface area contributed by atoms with Gasteiger partial charge in [-0.1, -0.05) is 133 Å². The van der Waals surface area contributed by atoms with Gasteiger partial charge in [-0.2, -0.15) is 0 Å². The minimum Gasteiger partial charge on any atom is -0.456 e. The Hall–Kier alpha value is -6.37. The number of nitrogens with two attached hydrogens (primary N) is 1. The highest BCUT2D eigenvalue weighted by Crippen LogP contribution is 2.38. The van der Waals surface area contributed by atoms with Crippen LogP contribution in [0.5, 0.6) is 0 Å². The molecule has 3 aromatic heterocycles. The van der Waals surface area contributed by atoms with Gasteiger partial charge in [-0.3, -0.25) is 5.41 Å². The number of furan rings is 1.